The minimum atomic E-state index is -0.201. The van der Waals surface area contributed by atoms with E-state index in [-0.39, 0.29) is 24.8 Å². The largest absolute Gasteiger partial charge is 0.356 e. The van der Waals surface area contributed by atoms with Crippen LogP contribution in [-0.2, 0) is 4.79 Å². The van der Waals surface area contributed by atoms with Crippen LogP contribution in [0.15, 0.2) is 18.2 Å². The summed E-state index contributed by atoms with van der Waals surface area (Å²) in [7, 11) is 0. The molecule has 0 aliphatic carbocycles. The van der Waals surface area contributed by atoms with Crippen molar-refractivity contribution in [2.45, 2.75) is 20.3 Å². The van der Waals surface area contributed by atoms with Crippen molar-refractivity contribution in [1.29, 1.82) is 0 Å². The van der Waals surface area contributed by atoms with Gasteiger partial charge in [0.25, 0.3) is 5.91 Å². The van der Waals surface area contributed by atoms with E-state index in [1.54, 1.807) is 12.1 Å². The van der Waals surface area contributed by atoms with Gasteiger partial charge in [0.1, 0.15) is 0 Å². The lowest BCUT2D eigenvalue weighted by molar-refractivity contribution is -0.120. The molecule has 0 saturated heterocycles. The summed E-state index contributed by atoms with van der Waals surface area (Å²) in [4.78, 5) is 23.4. The van der Waals surface area contributed by atoms with Gasteiger partial charge in [-0.25, -0.2) is 0 Å². The SMILES string of the molecule is CCNC(=O)CCNC(=O)c1cccc(C#CCN)c1C. The highest BCUT2D eigenvalue weighted by molar-refractivity contribution is 5.96. The molecule has 0 bridgehead atoms. The first-order valence-electron chi connectivity index (χ1n) is 6.93. The number of nitrogens with one attached hydrogen (secondary N) is 2. The summed E-state index contributed by atoms with van der Waals surface area (Å²) in [5.41, 5.74) is 7.52. The lowest BCUT2D eigenvalue weighted by Crippen LogP contribution is -2.31. The zero-order valence-electron chi connectivity index (χ0n) is 12.5. The van der Waals surface area contributed by atoms with Crippen LogP contribution in [0.25, 0.3) is 0 Å². The van der Waals surface area contributed by atoms with Crippen LogP contribution in [0.2, 0.25) is 0 Å². The maximum atomic E-state index is 12.1. The van der Waals surface area contributed by atoms with E-state index in [4.69, 9.17) is 5.73 Å². The van der Waals surface area contributed by atoms with Gasteiger partial charge in [-0.2, -0.15) is 0 Å². The summed E-state index contributed by atoms with van der Waals surface area (Å²) in [5, 5.41) is 5.42. The van der Waals surface area contributed by atoms with Gasteiger partial charge in [-0.3, -0.25) is 9.59 Å². The molecule has 5 nitrogen and oxygen atoms in total. The third kappa shape index (κ3) is 5.28. The minimum absolute atomic E-state index is 0.0721. The third-order valence-corrected chi connectivity index (χ3v) is 2.92. The number of benzene rings is 1. The highest BCUT2D eigenvalue weighted by Crippen LogP contribution is 2.12. The number of rotatable bonds is 5. The number of amides is 2. The number of hydrogen-bond acceptors (Lipinski definition) is 3. The average molecular weight is 287 g/mol. The summed E-state index contributed by atoms with van der Waals surface area (Å²) in [6, 6.07) is 5.38. The maximum Gasteiger partial charge on any atom is 0.251 e. The van der Waals surface area contributed by atoms with Crippen molar-refractivity contribution in [3.05, 3.63) is 34.9 Å². The molecule has 0 radical (unpaired) electrons. The Morgan fingerprint density at radius 3 is 2.71 bits per heavy atom. The molecule has 1 rings (SSSR count). The van der Waals surface area contributed by atoms with Crippen LogP contribution >= 0.6 is 0 Å². The Balaban J connectivity index is 2.68. The molecule has 1 aromatic rings. The highest BCUT2D eigenvalue weighted by atomic mass is 16.2. The quantitative estimate of drug-likeness (QED) is 0.692. The molecule has 5 heteroatoms. The van der Waals surface area contributed by atoms with Gasteiger partial charge in [0.2, 0.25) is 5.91 Å². The number of hydrogen-bond donors (Lipinski definition) is 3. The Kier molecular flexibility index (Phi) is 6.99. The Bertz CT molecular complexity index is 571. The molecular weight excluding hydrogens is 266 g/mol. The second-order valence-corrected chi connectivity index (χ2v) is 4.44. The first kappa shape index (κ1) is 16.7. The fraction of sp³-hybridized carbons (Fsp3) is 0.375. The van der Waals surface area contributed by atoms with Crippen molar-refractivity contribution in [3.8, 4) is 11.8 Å². The smallest absolute Gasteiger partial charge is 0.251 e. The second-order valence-electron chi connectivity index (χ2n) is 4.44. The van der Waals surface area contributed by atoms with Crippen LogP contribution < -0.4 is 16.4 Å². The van der Waals surface area contributed by atoms with Crippen molar-refractivity contribution in [2.24, 2.45) is 5.73 Å². The molecule has 0 saturated carbocycles. The van der Waals surface area contributed by atoms with E-state index < -0.39 is 0 Å². The maximum absolute atomic E-state index is 12.1. The molecule has 0 atom stereocenters. The van der Waals surface area contributed by atoms with Gasteiger partial charge in [0.15, 0.2) is 0 Å². The number of carbonyl (C=O) groups excluding carboxylic acids is 2. The van der Waals surface area contributed by atoms with Gasteiger partial charge >= 0.3 is 0 Å². The Labute approximate surface area is 125 Å². The standard InChI is InChI=1S/C16H21N3O2/c1-3-18-15(20)9-11-19-16(21)14-8-4-6-13(12(14)2)7-5-10-17/h4,6,8H,3,9-11,17H2,1-2H3,(H,18,20)(H,19,21). The Morgan fingerprint density at radius 1 is 1.29 bits per heavy atom. The monoisotopic (exact) mass is 287 g/mol. The second kappa shape index (κ2) is 8.77. The Hall–Kier alpha value is -2.32. The lowest BCUT2D eigenvalue weighted by atomic mass is 10.0. The van der Waals surface area contributed by atoms with Crippen molar-refractivity contribution in [3.63, 3.8) is 0 Å². The van der Waals surface area contributed by atoms with Gasteiger partial charge < -0.3 is 16.4 Å². The van der Waals surface area contributed by atoms with Crippen molar-refractivity contribution in [1.82, 2.24) is 10.6 Å². The van der Waals surface area contributed by atoms with Crippen LogP contribution in [0, 0.1) is 18.8 Å². The zero-order chi connectivity index (χ0) is 15.7. The van der Waals surface area contributed by atoms with E-state index in [1.165, 1.54) is 0 Å². The van der Waals surface area contributed by atoms with E-state index in [1.807, 2.05) is 19.9 Å². The van der Waals surface area contributed by atoms with Crippen LogP contribution in [0.4, 0.5) is 0 Å². The fourth-order valence-electron chi connectivity index (χ4n) is 1.83. The Morgan fingerprint density at radius 2 is 2.05 bits per heavy atom. The summed E-state index contributed by atoms with van der Waals surface area (Å²) < 4.78 is 0. The van der Waals surface area contributed by atoms with Gasteiger partial charge in [0, 0.05) is 30.6 Å². The molecule has 0 aliphatic heterocycles. The van der Waals surface area contributed by atoms with Crippen LogP contribution in [0.5, 0.6) is 0 Å². The summed E-state index contributed by atoms with van der Waals surface area (Å²) in [6.45, 7) is 4.88. The van der Waals surface area contributed by atoms with E-state index in [2.05, 4.69) is 22.5 Å². The molecule has 4 N–H and O–H groups in total. The summed E-state index contributed by atoms with van der Waals surface area (Å²) in [6.07, 6.45) is 0.269. The number of nitrogens with two attached hydrogens (primary N) is 1. The van der Waals surface area contributed by atoms with Gasteiger partial charge in [0.05, 0.1) is 6.54 Å². The van der Waals surface area contributed by atoms with E-state index in [9.17, 15) is 9.59 Å². The lowest BCUT2D eigenvalue weighted by Gasteiger charge is -2.09. The molecule has 0 unspecified atom stereocenters. The molecule has 0 spiro atoms. The van der Waals surface area contributed by atoms with Gasteiger partial charge in [-0.05, 0) is 31.5 Å². The van der Waals surface area contributed by atoms with Gasteiger partial charge in [-0.1, -0.05) is 17.9 Å². The molecule has 0 aliphatic rings. The first-order chi connectivity index (χ1) is 10.1. The van der Waals surface area contributed by atoms with Crippen molar-refractivity contribution in [2.75, 3.05) is 19.6 Å². The predicted molar refractivity (Wildman–Crippen MR) is 82.7 cm³/mol. The van der Waals surface area contributed by atoms with Crippen LogP contribution in [0.3, 0.4) is 0 Å². The topological polar surface area (TPSA) is 84.2 Å². The average Bonchev–Trinajstić information content (AvgIpc) is 2.46. The fourth-order valence-corrected chi connectivity index (χ4v) is 1.83. The highest BCUT2D eigenvalue weighted by Gasteiger charge is 2.11. The zero-order valence-corrected chi connectivity index (χ0v) is 12.5. The van der Waals surface area contributed by atoms with Crippen molar-refractivity contribution < 1.29 is 9.59 Å². The van der Waals surface area contributed by atoms with E-state index in [0.717, 1.165) is 11.1 Å². The molecule has 0 aromatic heterocycles. The van der Waals surface area contributed by atoms with E-state index in [0.29, 0.717) is 18.7 Å². The molecular formula is C16H21N3O2. The van der Waals surface area contributed by atoms with Crippen molar-refractivity contribution >= 4 is 11.8 Å². The summed E-state index contributed by atoms with van der Waals surface area (Å²) in [5.74, 6) is 5.44. The molecule has 21 heavy (non-hydrogen) atoms. The molecule has 1 aromatic carbocycles. The summed E-state index contributed by atoms with van der Waals surface area (Å²) >= 11 is 0. The molecule has 0 heterocycles. The minimum Gasteiger partial charge on any atom is -0.356 e. The predicted octanol–water partition coefficient (Wildman–Crippen LogP) is 0.561. The normalized spacial score (nSPS) is 9.48. The molecule has 2 amide bonds. The van der Waals surface area contributed by atoms with Crippen LogP contribution in [-0.4, -0.2) is 31.4 Å². The molecule has 112 valence electrons. The van der Waals surface area contributed by atoms with Crippen LogP contribution in [0.1, 0.15) is 34.8 Å². The first-order valence-corrected chi connectivity index (χ1v) is 6.93. The van der Waals surface area contributed by atoms with E-state index >= 15 is 0 Å². The third-order valence-electron chi connectivity index (χ3n) is 2.92. The molecule has 0 fully saturated rings. The number of carbonyl (C=O) groups is 2. The van der Waals surface area contributed by atoms with Gasteiger partial charge in [-0.15, -0.1) is 0 Å².